The normalized spacial score (nSPS) is 11.6. The molecule has 0 heterocycles. The Morgan fingerprint density at radius 2 is 1.77 bits per heavy atom. The van der Waals surface area contributed by atoms with E-state index in [-0.39, 0.29) is 5.60 Å². The highest BCUT2D eigenvalue weighted by molar-refractivity contribution is 5.16. The van der Waals surface area contributed by atoms with Gasteiger partial charge in [0.1, 0.15) is 5.60 Å². The molecule has 0 amide bonds. The van der Waals surface area contributed by atoms with Gasteiger partial charge in [0.2, 0.25) is 0 Å². The van der Waals surface area contributed by atoms with Gasteiger partial charge in [-0.15, -0.1) is 0 Å². The minimum absolute atomic E-state index is 0.268. The average Bonchev–Trinajstić information content (AvgIpc) is 2.04. The summed E-state index contributed by atoms with van der Waals surface area (Å²) in [4.78, 5) is 9.81. The summed E-state index contributed by atoms with van der Waals surface area (Å²) in [5.41, 5.74) is 0.986. The lowest BCUT2D eigenvalue weighted by Crippen LogP contribution is -2.26. The van der Waals surface area contributed by atoms with Gasteiger partial charge in [-0.1, -0.05) is 30.3 Å². The van der Waals surface area contributed by atoms with Gasteiger partial charge < -0.3 is 0 Å². The van der Waals surface area contributed by atoms with Crippen molar-refractivity contribution in [2.45, 2.75) is 25.9 Å². The Bertz CT molecular complexity index is 242. The van der Waals surface area contributed by atoms with E-state index >= 15 is 0 Å². The first kappa shape index (κ1) is 10.2. The highest BCUT2D eigenvalue weighted by atomic mass is 17.2. The molecular formula is C11H16O2. The van der Waals surface area contributed by atoms with Crippen LogP contribution in [-0.4, -0.2) is 12.7 Å². The van der Waals surface area contributed by atoms with Crippen LogP contribution in [-0.2, 0) is 16.2 Å². The van der Waals surface area contributed by atoms with Gasteiger partial charge in [-0.3, -0.25) is 0 Å². The quantitative estimate of drug-likeness (QED) is 0.523. The molecule has 0 saturated carbocycles. The smallest absolute Gasteiger partial charge is 0.102 e. The van der Waals surface area contributed by atoms with Crippen LogP contribution in [0.3, 0.4) is 0 Å². The average molecular weight is 180 g/mol. The standard InChI is InChI=1S/C11H16O2/c1-11(2,13-12-3)9-10-7-5-4-6-8-10/h4-8H,9H2,1-3H3. The maximum atomic E-state index is 5.13. The molecule has 0 bridgehead atoms. The molecular weight excluding hydrogens is 164 g/mol. The van der Waals surface area contributed by atoms with Crippen LogP contribution in [0.1, 0.15) is 19.4 Å². The highest BCUT2D eigenvalue weighted by Gasteiger charge is 2.19. The molecule has 0 fully saturated rings. The van der Waals surface area contributed by atoms with Crippen molar-refractivity contribution in [3.05, 3.63) is 35.9 Å². The van der Waals surface area contributed by atoms with Crippen molar-refractivity contribution in [3.8, 4) is 0 Å². The molecule has 2 heteroatoms. The summed E-state index contributed by atoms with van der Waals surface area (Å²) in [5, 5.41) is 0. The van der Waals surface area contributed by atoms with E-state index in [0.717, 1.165) is 6.42 Å². The first-order valence-corrected chi connectivity index (χ1v) is 4.40. The van der Waals surface area contributed by atoms with Crippen molar-refractivity contribution < 1.29 is 9.78 Å². The summed E-state index contributed by atoms with van der Waals surface area (Å²) in [5.74, 6) is 0. The van der Waals surface area contributed by atoms with E-state index in [1.807, 2.05) is 32.0 Å². The van der Waals surface area contributed by atoms with Crippen LogP contribution in [0.5, 0.6) is 0 Å². The minimum atomic E-state index is -0.268. The van der Waals surface area contributed by atoms with Crippen molar-refractivity contribution >= 4 is 0 Å². The summed E-state index contributed by atoms with van der Waals surface area (Å²) < 4.78 is 0. The molecule has 0 unspecified atom stereocenters. The maximum absolute atomic E-state index is 5.13. The molecule has 0 atom stereocenters. The molecule has 1 rings (SSSR count). The van der Waals surface area contributed by atoms with E-state index in [4.69, 9.17) is 4.89 Å². The van der Waals surface area contributed by atoms with Gasteiger partial charge in [-0.2, -0.15) is 0 Å². The van der Waals surface area contributed by atoms with Gasteiger partial charge in [0, 0.05) is 6.42 Å². The zero-order chi connectivity index (χ0) is 9.73. The first-order chi connectivity index (χ1) is 6.14. The predicted octanol–water partition coefficient (Wildman–Crippen LogP) is 2.59. The number of rotatable bonds is 4. The fraction of sp³-hybridized carbons (Fsp3) is 0.455. The van der Waals surface area contributed by atoms with E-state index in [1.165, 1.54) is 12.7 Å². The van der Waals surface area contributed by atoms with Crippen molar-refractivity contribution in [1.29, 1.82) is 0 Å². The van der Waals surface area contributed by atoms with Gasteiger partial charge in [0.15, 0.2) is 0 Å². The molecule has 0 saturated heterocycles. The number of hydrogen-bond acceptors (Lipinski definition) is 2. The van der Waals surface area contributed by atoms with Crippen LogP contribution in [0.2, 0.25) is 0 Å². The van der Waals surface area contributed by atoms with Crippen LogP contribution in [0.25, 0.3) is 0 Å². The van der Waals surface area contributed by atoms with Gasteiger partial charge in [-0.25, -0.2) is 9.78 Å². The molecule has 0 aromatic heterocycles. The maximum Gasteiger partial charge on any atom is 0.102 e. The second-order valence-corrected chi connectivity index (χ2v) is 3.67. The predicted molar refractivity (Wildman–Crippen MR) is 52.3 cm³/mol. The fourth-order valence-electron chi connectivity index (χ4n) is 1.34. The van der Waals surface area contributed by atoms with E-state index in [0.29, 0.717) is 0 Å². The molecule has 1 aromatic rings. The van der Waals surface area contributed by atoms with Crippen molar-refractivity contribution in [3.63, 3.8) is 0 Å². The van der Waals surface area contributed by atoms with E-state index < -0.39 is 0 Å². The van der Waals surface area contributed by atoms with Crippen molar-refractivity contribution in [2.75, 3.05) is 7.11 Å². The molecule has 72 valence electrons. The summed E-state index contributed by atoms with van der Waals surface area (Å²) in [6, 6.07) is 10.2. The third-order valence-electron chi connectivity index (χ3n) is 1.78. The largest absolute Gasteiger partial charge is 0.240 e. The Kier molecular flexibility index (Phi) is 3.46. The van der Waals surface area contributed by atoms with Gasteiger partial charge >= 0.3 is 0 Å². The Labute approximate surface area is 79.4 Å². The van der Waals surface area contributed by atoms with Gasteiger partial charge in [0.05, 0.1) is 7.11 Å². The van der Waals surface area contributed by atoms with E-state index in [1.54, 1.807) is 0 Å². The molecule has 0 aliphatic carbocycles. The topological polar surface area (TPSA) is 18.5 Å². The van der Waals surface area contributed by atoms with Gasteiger partial charge in [0.25, 0.3) is 0 Å². The molecule has 1 aromatic carbocycles. The van der Waals surface area contributed by atoms with Crippen LogP contribution < -0.4 is 0 Å². The summed E-state index contributed by atoms with van der Waals surface area (Å²) in [7, 11) is 1.53. The summed E-state index contributed by atoms with van der Waals surface area (Å²) >= 11 is 0. The molecule has 13 heavy (non-hydrogen) atoms. The Hall–Kier alpha value is -0.860. The summed E-state index contributed by atoms with van der Waals surface area (Å²) in [6.07, 6.45) is 0.849. The van der Waals surface area contributed by atoms with E-state index in [9.17, 15) is 0 Å². The Balaban J connectivity index is 2.58. The zero-order valence-electron chi connectivity index (χ0n) is 8.41. The second-order valence-electron chi connectivity index (χ2n) is 3.67. The van der Waals surface area contributed by atoms with Crippen LogP contribution >= 0.6 is 0 Å². The molecule has 0 N–H and O–H groups in total. The third kappa shape index (κ3) is 3.57. The van der Waals surface area contributed by atoms with Gasteiger partial charge in [-0.05, 0) is 19.4 Å². The molecule has 0 spiro atoms. The van der Waals surface area contributed by atoms with Crippen molar-refractivity contribution in [2.24, 2.45) is 0 Å². The lowest BCUT2D eigenvalue weighted by molar-refractivity contribution is -0.335. The molecule has 0 radical (unpaired) electrons. The SMILES string of the molecule is COOC(C)(C)Cc1ccccc1. The zero-order valence-corrected chi connectivity index (χ0v) is 8.41. The minimum Gasteiger partial charge on any atom is -0.240 e. The fourth-order valence-corrected chi connectivity index (χ4v) is 1.34. The Morgan fingerprint density at radius 1 is 1.15 bits per heavy atom. The molecule has 0 aliphatic heterocycles. The number of benzene rings is 1. The third-order valence-corrected chi connectivity index (χ3v) is 1.78. The van der Waals surface area contributed by atoms with Crippen LogP contribution in [0.15, 0.2) is 30.3 Å². The number of hydrogen-bond donors (Lipinski definition) is 0. The first-order valence-electron chi connectivity index (χ1n) is 4.40. The van der Waals surface area contributed by atoms with Crippen LogP contribution in [0.4, 0.5) is 0 Å². The highest BCUT2D eigenvalue weighted by Crippen LogP contribution is 2.16. The van der Waals surface area contributed by atoms with Crippen LogP contribution in [0, 0.1) is 0 Å². The Morgan fingerprint density at radius 3 is 2.31 bits per heavy atom. The monoisotopic (exact) mass is 180 g/mol. The van der Waals surface area contributed by atoms with Crippen molar-refractivity contribution in [1.82, 2.24) is 0 Å². The van der Waals surface area contributed by atoms with E-state index in [2.05, 4.69) is 17.0 Å². The lowest BCUT2D eigenvalue weighted by Gasteiger charge is -2.22. The molecule has 0 aliphatic rings. The molecule has 2 nitrogen and oxygen atoms in total. The lowest BCUT2D eigenvalue weighted by atomic mass is 9.99. The second kappa shape index (κ2) is 4.40. The summed E-state index contributed by atoms with van der Waals surface area (Å²) in [6.45, 7) is 4.01.